The average Bonchev–Trinajstić information content (AvgIpc) is 3.75. The summed E-state index contributed by atoms with van der Waals surface area (Å²) < 4.78 is 0. The number of fused-ring (bicyclic) bond motifs is 3. The van der Waals surface area contributed by atoms with Crippen molar-refractivity contribution >= 4 is 35.2 Å². The Hall–Kier alpha value is -5.81. The average molecular weight is 792 g/mol. The van der Waals surface area contributed by atoms with E-state index < -0.39 is 29.7 Å². The minimum absolute atomic E-state index is 0.0809. The Labute approximate surface area is 344 Å². The van der Waals surface area contributed by atoms with E-state index in [1.807, 2.05) is 17.0 Å². The molecule has 3 fully saturated rings. The SMILES string of the molecule is O=C1CC[C@@H](N2C(=O)c3cc4c(cc3C2=O)CN(CC(=O)N2CCC3(CC2)CCN(c2ccc([C@@H]5c6ccc(O)cc6CC[C@@H]5c5ccccc5)cc2)CC3)C4)C(=O)N1. The molecule has 2 N–H and O–H groups in total. The van der Waals surface area contributed by atoms with Crippen molar-refractivity contribution in [3.8, 4) is 5.75 Å². The molecule has 5 amide bonds. The Kier molecular flexibility index (Phi) is 9.38. The Morgan fingerprint density at radius 2 is 1.37 bits per heavy atom. The monoisotopic (exact) mass is 791 g/mol. The molecule has 5 aliphatic heterocycles. The van der Waals surface area contributed by atoms with Gasteiger partial charge in [0.05, 0.1) is 17.7 Å². The number of imide groups is 2. The highest BCUT2D eigenvalue weighted by Crippen LogP contribution is 2.48. The largest absolute Gasteiger partial charge is 0.508 e. The summed E-state index contributed by atoms with van der Waals surface area (Å²) in [7, 11) is 0. The van der Waals surface area contributed by atoms with E-state index in [1.165, 1.54) is 27.9 Å². The second-order valence-corrected chi connectivity index (χ2v) is 17.6. The van der Waals surface area contributed by atoms with Crippen LogP contribution in [0.25, 0.3) is 0 Å². The molecule has 3 saturated heterocycles. The van der Waals surface area contributed by atoms with Crippen LogP contribution >= 0.6 is 0 Å². The number of hydrogen-bond donors (Lipinski definition) is 2. The van der Waals surface area contributed by atoms with Crippen molar-refractivity contribution in [3.05, 3.63) is 129 Å². The zero-order valence-corrected chi connectivity index (χ0v) is 33.2. The van der Waals surface area contributed by atoms with Crippen LogP contribution in [0.5, 0.6) is 5.75 Å². The fraction of sp³-hybridized carbons (Fsp3) is 0.396. The van der Waals surface area contributed by atoms with Gasteiger partial charge in [0.15, 0.2) is 0 Å². The fourth-order valence-corrected chi connectivity index (χ4v) is 11.0. The quantitative estimate of drug-likeness (QED) is 0.232. The van der Waals surface area contributed by atoms with Gasteiger partial charge >= 0.3 is 0 Å². The molecule has 0 saturated carbocycles. The number of hydrogen-bond acceptors (Lipinski definition) is 8. The molecule has 302 valence electrons. The summed E-state index contributed by atoms with van der Waals surface area (Å²) in [6.07, 6.45) is 6.43. The standard InChI is InChI=1S/C48H49N5O6/c54-36-11-13-38-32(24-36)8-12-37(30-4-2-1-3-5-30)44(38)31-6-9-35(10-7-31)51-20-16-48(17-21-51)18-22-52(23-19-48)43(56)29-50-27-33-25-39-40(26-34(33)28-50)47(59)53(46(39)58)41-14-15-42(55)49-45(41)57/h1-7,9-11,13,24-26,37,41,44,54H,8,12,14-23,27-29H2,(H,49,55,57)/t37-,41-,44+/m1/s1. The molecule has 0 bridgehead atoms. The van der Waals surface area contributed by atoms with Crippen LogP contribution in [-0.2, 0) is 33.9 Å². The molecule has 0 aromatic heterocycles. The van der Waals surface area contributed by atoms with Crippen molar-refractivity contribution in [2.75, 3.05) is 37.6 Å². The third-order valence-electron chi connectivity index (χ3n) is 14.3. The van der Waals surface area contributed by atoms with Gasteiger partial charge in [-0.1, -0.05) is 48.5 Å². The van der Waals surface area contributed by atoms with Gasteiger partial charge in [-0.25, -0.2) is 0 Å². The molecule has 4 aromatic carbocycles. The molecular weight excluding hydrogens is 743 g/mol. The number of rotatable bonds is 6. The van der Waals surface area contributed by atoms with Crippen molar-refractivity contribution in [2.45, 2.75) is 82.3 Å². The first-order chi connectivity index (χ1) is 28.6. The van der Waals surface area contributed by atoms with Gasteiger partial charge in [0.1, 0.15) is 11.8 Å². The maximum Gasteiger partial charge on any atom is 0.262 e. The van der Waals surface area contributed by atoms with Gasteiger partial charge in [-0.15, -0.1) is 0 Å². The number of amides is 5. The van der Waals surface area contributed by atoms with E-state index in [0.717, 1.165) is 80.7 Å². The number of nitrogens with one attached hydrogen (secondary N) is 1. The van der Waals surface area contributed by atoms with Gasteiger partial charge in [0, 0.05) is 57.3 Å². The van der Waals surface area contributed by atoms with E-state index in [-0.39, 0.29) is 47.8 Å². The summed E-state index contributed by atoms with van der Waals surface area (Å²) in [4.78, 5) is 72.0. The summed E-state index contributed by atoms with van der Waals surface area (Å²) in [5.74, 6) is -0.992. The number of phenolic OH excluding ortho intramolecular Hbond substituents is 1. The number of carbonyl (C=O) groups excluding carboxylic acids is 5. The number of anilines is 1. The molecule has 59 heavy (non-hydrogen) atoms. The summed E-state index contributed by atoms with van der Waals surface area (Å²) in [5, 5.41) is 12.5. The third-order valence-corrected chi connectivity index (χ3v) is 14.3. The Bertz CT molecular complexity index is 2320. The van der Waals surface area contributed by atoms with Crippen LogP contribution in [0.3, 0.4) is 0 Å². The third kappa shape index (κ3) is 6.79. The van der Waals surface area contributed by atoms with E-state index in [9.17, 15) is 29.1 Å². The minimum atomic E-state index is -0.990. The molecule has 1 spiro atoms. The highest BCUT2D eigenvalue weighted by Gasteiger charge is 2.46. The molecule has 1 aliphatic carbocycles. The van der Waals surface area contributed by atoms with Gasteiger partial charge in [0.2, 0.25) is 17.7 Å². The van der Waals surface area contributed by atoms with Gasteiger partial charge in [-0.05, 0) is 126 Å². The van der Waals surface area contributed by atoms with E-state index in [1.54, 1.807) is 12.1 Å². The van der Waals surface area contributed by atoms with E-state index in [0.29, 0.717) is 24.8 Å². The second kappa shape index (κ2) is 14.8. The van der Waals surface area contributed by atoms with E-state index in [2.05, 4.69) is 75.8 Å². The Morgan fingerprint density at radius 3 is 2.03 bits per heavy atom. The number of aromatic hydroxyl groups is 1. The fourth-order valence-electron chi connectivity index (χ4n) is 11.0. The first kappa shape index (κ1) is 37.5. The van der Waals surface area contributed by atoms with Gasteiger partial charge in [-0.3, -0.25) is 39.1 Å². The lowest BCUT2D eigenvalue weighted by molar-refractivity contribution is -0.137. The maximum atomic E-state index is 13.6. The summed E-state index contributed by atoms with van der Waals surface area (Å²) in [5.41, 5.74) is 9.12. The summed E-state index contributed by atoms with van der Waals surface area (Å²) >= 11 is 0. The van der Waals surface area contributed by atoms with Crippen molar-refractivity contribution < 1.29 is 29.1 Å². The zero-order chi connectivity index (χ0) is 40.4. The van der Waals surface area contributed by atoms with E-state index in [4.69, 9.17) is 0 Å². The Morgan fingerprint density at radius 1 is 0.712 bits per heavy atom. The number of likely N-dealkylation sites (tertiary alicyclic amines) is 1. The molecule has 11 nitrogen and oxygen atoms in total. The second-order valence-electron chi connectivity index (χ2n) is 17.6. The number of nitrogens with zero attached hydrogens (tertiary/aromatic N) is 4. The van der Waals surface area contributed by atoms with Gasteiger partial charge < -0.3 is 14.9 Å². The molecule has 3 atom stereocenters. The summed E-state index contributed by atoms with van der Waals surface area (Å²) in [6.45, 7) is 4.80. The van der Waals surface area contributed by atoms with Crippen molar-refractivity contribution in [1.29, 1.82) is 0 Å². The molecule has 5 heterocycles. The van der Waals surface area contributed by atoms with Crippen LogP contribution in [-0.4, -0.2) is 88.1 Å². The molecule has 11 heteroatoms. The molecule has 0 radical (unpaired) electrons. The van der Waals surface area contributed by atoms with Crippen molar-refractivity contribution in [2.24, 2.45) is 5.41 Å². The number of carbonyl (C=O) groups is 5. The summed E-state index contributed by atoms with van der Waals surface area (Å²) in [6, 6.07) is 28.4. The normalized spacial score (nSPS) is 23.9. The lowest BCUT2D eigenvalue weighted by Gasteiger charge is -2.47. The highest BCUT2D eigenvalue weighted by molar-refractivity contribution is 6.23. The van der Waals surface area contributed by atoms with Gasteiger partial charge in [-0.2, -0.15) is 0 Å². The van der Waals surface area contributed by atoms with Crippen LogP contribution in [0.2, 0.25) is 0 Å². The highest BCUT2D eigenvalue weighted by atomic mass is 16.3. The number of aryl methyl sites for hydroxylation is 1. The smallest absolute Gasteiger partial charge is 0.262 e. The number of phenols is 1. The number of benzene rings is 4. The molecule has 10 rings (SSSR count). The number of piperidine rings is 3. The first-order valence-corrected chi connectivity index (χ1v) is 21.2. The molecule has 4 aromatic rings. The van der Waals surface area contributed by atoms with Crippen LogP contribution in [0.4, 0.5) is 5.69 Å². The zero-order valence-electron chi connectivity index (χ0n) is 33.2. The minimum Gasteiger partial charge on any atom is -0.508 e. The molecule has 0 unspecified atom stereocenters. The molecular formula is C48H49N5O6. The van der Waals surface area contributed by atoms with Crippen LogP contribution in [0.1, 0.15) is 111 Å². The van der Waals surface area contributed by atoms with Crippen LogP contribution < -0.4 is 10.2 Å². The molecule has 6 aliphatic rings. The first-order valence-electron chi connectivity index (χ1n) is 21.2. The topological polar surface area (TPSA) is 131 Å². The van der Waals surface area contributed by atoms with Crippen molar-refractivity contribution in [3.63, 3.8) is 0 Å². The predicted molar refractivity (Wildman–Crippen MR) is 221 cm³/mol. The maximum absolute atomic E-state index is 13.6. The predicted octanol–water partition coefficient (Wildman–Crippen LogP) is 5.88. The lowest BCUT2D eigenvalue weighted by Crippen LogP contribution is -2.54. The van der Waals surface area contributed by atoms with Crippen LogP contribution in [0.15, 0.2) is 84.9 Å². The van der Waals surface area contributed by atoms with Gasteiger partial charge in [0.25, 0.3) is 11.8 Å². The lowest BCUT2D eigenvalue weighted by atomic mass is 9.69. The van der Waals surface area contributed by atoms with Crippen molar-refractivity contribution in [1.82, 2.24) is 20.0 Å². The Balaban J connectivity index is 0.732. The van der Waals surface area contributed by atoms with E-state index >= 15 is 0 Å². The van der Waals surface area contributed by atoms with Crippen LogP contribution in [0, 0.1) is 5.41 Å².